The van der Waals surface area contributed by atoms with E-state index in [1.807, 2.05) is 18.2 Å². The number of primary amides is 1. The summed E-state index contributed by atoms with van der Waals surface area (Å²) in [6, 6.07) is 16.3. The molecule has 0 radical (unpaired) electrons. The highest BCUT2D eigenvalue weighted by molar-refractivity contribution is 5.78. The number of carbonyl (C=O) groups is 1. The van der Waals surface area contributed by atoms with Gasteiger partial charge in [0.2, 0.25) is 0 Å². The Labute approximate surface area is 128 Å². The highest BCUT2D eigenvalue weighted by atomic mass is 16.5. The van der Waals surface area contributed by atoms with E-state index >= 15 is 0 Å². The van der Waals surface area contributed by atoms with Crippen molar-refractivity contribution in [3.05, 3.63) is 59.7 Å². The molecule has 1 atom stereocenters. The third-order valence-electron chi connectivity index (χ3n) is 3.05. The molecule has 0 heterocycles. The van der Waals surface area contributed by atoms with Crippen LogP contribution >= 0.6 is 0 Å². The van der Waals surface area contributed by atoms with E-state index in [0.717, 1.165) is 5.56 Å². The van der Waals surface area contributed by atoms with Gasteiger partial charge in [0.05, 0.1) is 11.6 Å². The van der Waals surface area contributed by atoms with Gasteiger partial charge in [-0.15, -0.1) is 0 Å². The van der Waals surface area contributed by atoms with Gasteiger partial charge in [-0.25, -0.2) is 0 Å². The van der Waals surface area contributed by atoms with Gasteiger partial charge in [0.15, 0.2) is 6.10 Å². The molecule has 2 N–H and O–H groups in total. The van der Waals surface area contributed by atoms with Gasteiger partial charge < -0.3 is 15.2 Å². The van der Waals surface area contributed by atoms with E-state index < -0.39 is 12.0 Å². The molecular formula is C17H16N2O3. The zero-order valence-electron chi connectivity index (χ0n) is 12.2. The molecule has 0 spiro atoms. The predicted octanol–water partition coefficient (Wildman–Crippen LogP) is 2.39. The molecule has 1 amide bonds. The summed E-state index contributed by atoms with van der Waals surface area (Å²) >= 11 is 0. The van der Waals surface area contributed by atoms with Gasteiger partial charge in [0, 0.05) is 11.6 Å². The summed E-state index contributed by atoms with van der Waals surface area (Å²) < 4.78 is 11.1. The molecule has 0 fully saturated rings. The van der Waals surface area contributed by atoms with E-state index in [0.29, 0.717) is 17.1 Å². The van der Waals surface area contributed by atoms with E-state index in [1.165, 1.54) is 0 Å². The quantitative estimate of drug-likeness (QED) is 0.886. The van der Waals surface area contributed by atoms with Crippen LogP contribution in [0.4, 0.5) is 0 Å². The van der Waals surface area contributed by atoms with Crippen molar-refractivity contribution >= 4 is 5.91 Å². The smallest absolute Gasteiger partial charge is 0.258 e. The third kappa shape index (κ3) is 4.00. The van der Waals surface area contributed by atoms with Gasteiger partial charge in [-0.05, 0) is 25.1 Å². The van der Waals surface area contributed by atoms with Crippen LogP contribution in [-0.4, -0.2) is 12.0 Å². The normalized spacial score (nSPS) is 11.3. The van der Waals surface area contributed by atoms with Crippen molar-refractivity contribution in [1.29, 1.82) is 5.26 Å². The van der Waals surface area contributed by atoms with Crippen molar-refractivity contribution in [3.8, 4) is 17.6 Å². The highest BCUT2D eigenvalue weighted by Crippen LogP contribution is 2.22. The number of hydrogen-bond donors (Lipinski definition) is 1. The number of rotatable bonds is 6. The average molecular weight is 296 g/mol. The Morgan fingerprint density at radius 1 is 1.23 bits per heavy atom. The number of nitriles is 1. The number of hydrogen-bond acceptors (Lipinski definition) is 4. The second-order valence-corrected chi connectivity index (χ2v) is 4.69. The number of nitrogens with zero attached hydrogens (tertiary/aromatic N) is 1. The third-order valence-corrected chi connectivity index (χ3v) is 3.05. The summed E-state index contributed by atoms with van der Waals surface area (Å²) in [6.07, 6.45) is -0.713. The van der Waals surface area contributed by atoms with Crippen LogP contribution in [0.3, 0.4) is 0 Å². The van der Waals surface area contributed by atoms with Crippen LogP contribution in [0.5, 0.6) is 11.5 Å². The van der Waals surface area contributed by atoms with Crippen molar-refractivity contribution in [3.63, 3.8) is 0 Å². The monoisotopic (exact) mass is 296 g/mol. The van der Waals surface area contributed by atoms with Crippen molar-refractivity contribution in [2.24, 2.45) is 5.73 Å². The summed E-state index contributed by atoms with van der Waals surface area (Å²) in [5.41, 5.74) is 6.55. The van der Waals surface area contributed by atoms with E-state index in [2.05, 4.69) is 6.07 Å². The fourth-order valence-corrected chi connectivity index (χ4v) is 1.82. The first-order chi connectivity index (χ1) is 10.6. The minimum Gasteiger partial charge on any atom is -0.489 e. The maximum absolute atomic E-state index is 11.0. The molecule has 0 aliphatic heterocycles. The van der Waals surface area contributed by atoms with Crippen LogP contribution < -0.4 is 15.2 Å². The van der Waals surface area contributed by atoms with Crippen LogP contribution in [0.25, 0.3) is 0 Å². The average Bonchev–Trinajstić information content (AvgIpc) is 2.53. The molecular weight excluding hydrogens is 280 g/mol. The van der Waals surface area contributed by atoms with Gasteiger partial charge in [-0.3, -0.25) is 4.79 Å². The van der Waals surface area contributed by atoms with Crippen molar-refractivity contribution < 1.29 is 14.3 Å². The molecule has 5 nitrogen and oxygen atoms in total. The Morgan fingerprint density at radius 2 is 1.95 bits per heavy atom. The summed E-state index contributed by atoms with van der Waals surface area (Å²) in [7, 11) is 0. The molecule has 2 rings (SSSR count). The molecule has 0 unspecified atom stereocenters. The van der Waals surface area contributed by atoms with E-state index in [1.54, 1.807) is 37.3 Å². The number of nitrogens with two attached hydrogens (primary N) is 1. The minimum atomic E-state index is -0.713. The lowest BCUT2D eigenvalue weighted by Crippen LogP contribution is -2.30. The summed E-state index contributed by atoms with van der Waals surface area (Å²) in [5, 5.41) is 9.04. The minimum absolute atomic E-state index is 0.276. The number of amides is 1. The molecule has 0 saturated heterocycles. The highest BCUT2D eigenvalue weighted by Gasteiger charge is 2.10. The van der Waals surface area contributed by atoms with Crippen LogP contribution in [0.15, 0.2) is 48.5 Å². The van der Waals surface area contributed by atoms with Crippen molar-refractivity contribution in [1.82, 2.24) is 0 Å². The zero-order valence-corrected chi connectivity index (χ0v) is 12.2. The number of ether oxygens (including phenoxy) is 2. The maximum Gasteiger partial charge on any atom is 0.258 e. The van der Waals surface area contributed by atoms with Gasteiger partial charge >= 0.3 is 0 Å². The van der Waals surface area contributed by atoms with Crippen molar-refractivity contribution in [2.45, 2.75) is 19.6 Å². The number of benzene rings is 2. The lowest BCUT2D eigenvalue weighted by atomic mass is 10.1. The largest absolute Gasteiger partial charge is 0.489 e. The maximum atomic E-state index is 11.0. The second-order valence-electron chi connectivity index (χ2n) is 4.69. The zero-order chi connectivity index (χ0) is 15.9. The summed E-state index contributed by atoms with van der Waals surface area (Å²) in [5.74, 6) is 0.550. The molecule has 112 valence electrons. The summed E-state index contributed by atoms with van der Waals surface area (Å²) in [4.78, 5) is 11.0. The topological polar surface area (TPSA) is 85.3 Å². The first-order valence-corrected chi connectivity index (χ1v) is 6.77. The van der Waals surface area contributed by atoms with Gasteiger partial charge in [0.25, 0.3) is 5.91 Å². The molecule has 5 heteroatoms. The molecule has 2 aromatic rings. The molecule has 0 aromatic heterocycles. The van der Waals surface area contributed by atoms with E-state index in [4.69, 9.17) is 20.5 Å². The molecule has 0 aliphatic carbocycles. The van der Waals surface area contributed by atoms with E-state index in [9.17, 15) is 4.79 Å². The predicted molar refractivity (Wildman–Crippen MR) is 81.2 cm³/mol. The van der Waals surface area contributed by atoms with E-state index in [-0.39, 0.29) is 6.61 Å². The lowest BCUT2D eigenvalue weighted by molar-refractivity contribution is -0.123. The molecule has 22 heavy (non-hydrogen) atoms. The molecule has 0 bridgehead atoms. The Morgan fingerprint density at radius 3 is 2.68 bits per heavy atom. The van der Waals surface area contributed by atoms with Crippen molar-refractivity contribution in [2.75, 3.05) is 0 Å². The second kappa shape index (κ2) is 7.14. The summed E-state index contributed by atoms with van der Waals surface area (Å²) in [6.45, 7) is 1.86. The lowest BCUT2D eigenvalue weighted by Gasteiger charge is -2.13. The van der Waals surface area contributed by atoms with Gasteiger partial charge in [-0.2, -0.15) is 5.26 Å². The molecule has 0 aliphatic rings. The van der Waals surface area contributed by atoms with Crippen LogP contribution in [0.2, 0.25) is 0 Å². The van der Waals surface area contributed by atoms with Gasteiger partial charge in [0.1, 0.15) is 18.1 Å². The number of carbonyl (C=O) groups excluding carboxylic acids is 1. The Bertz CT molecular complexity index is 707. The van der Waals surface area contributed by atoms with Crippen LogP contribution in [-0.2, 0) is 11.4 Å². The van der Waals surface area contributed by atoms with Gasteiger partial charge in [-0.1, -0.05) is 24.3 Å². The molecule has 0 saturated carbocycles. The molecule has 2 aromatic carbocycles. The SMILES string of the molecule is C[C@@H](Oc1cccc(OCc2ccccc2C#N)c1)C(N)=O. The fraction of sp³-hybridized carbons (Fsp3) is 0.176. The fourth-order valence-electron chi connectivity index (χ4n) is 1.82. The standard InChI is InChI=1S/C17H16N2O3/c1-12(17(19)20)22-16-8-4-7-15(9-16)21-11-14-6-3-2-5-13(14)10-18/h2-9,12H,11H2,1H3,(H2,19,20)/t12-/m1/s1. The van der Waals surface area contributed by atoms with Crippen LogP contribution in [0, 0.1) is 11.3 Å². The first kappa shape index (κ1) is 15.4. The Hall–Kier alpha value is -3.00. The van der Waals surface area contributed by atoms with Crippen LogP contribution in [0.1, 0.15) is 18.1 Å². The first-order valence-electron chi connectivity index (χ1n) is 6.77. The Balaban J connectivity index is 2.05. The Kier molecular flexibility index (Phi) is 4.99.